The fraction of sp³-hybridized carbons (Fsp3) is 0.625. The van der Waals surface area contributed by atoms with Gasteiger partial charge in [-0.2, -0.15) is 0 Å². The molecule has 2 aromatic heterocycles. The Balaban J connectivity index is 1.69. The molecule has 8 heteroatoms. The van der Waals surface area contributed by atoms with E-state index in [0.29, 0.717) is 18.7 Å². The van der Waals surface area contributed by atoms with Crippen molar-refractivity contribution in [3.63, 3.8) is 0 Å². The largest absolute Gasteiger partial charge is 0.378 e. The Hall–Kier alpha value is -1.47. The molecule has 24 heavy (non-hydrogen) atoms. The zero-order valence-electron chi connectivity index (χ0n) is 13.1. The number of halogens is 3. The molecule has 2 aromatic rings. The van der Waals surface area contributed by atoms with Gasteiger partial charge >= 0.3 is 0 Å². The van der Waals surface area contributed by atoms with E-state index in [2.05, 4.69) is 15.4 Å². The standard InChI is InChI=1S/C16H19ClF2N4O/c17-13-14(19)12-7-20-16(21-11-5-6-24-8-10(11)18)22-23(12)15(13)9-3-1-2-4-9/h7,9-11H,1-6,8H2,(H,21,22)/t10-,11-/m1/s1. The third kappa shape index (κ3) is 2.73. The number of fused-ring (bicyclic) bond motifs is 1. The van der Waals surface area contributed by atoms with Crippen molar-refractivity contribution >= 4 is 23.1 Å². The number of anilines is 1. The molecule has 0 unspecified atom stereocenters. The zero-order valence-corrected chi connectivity index (χ0v) is 13.9. The molecule has 0 spiro atoms. The van der Waals surface area contributed by atoms with Crippen molar-refractivity contribution in [1.82, 2.24) is 14.6 Å². The number of nitrogens with zero attached hydrogens (tertiary/aromatic N) is 3. The average Bonchev–Trinajstić information content (AvgIpc) is 3.18. The molecule has 3 heterocycles. The Bertz CT molecular complexity index is 747. The summed E-state index contributed by atoms with van der Waals surface area (Å²) < 4.78 is 34.9. The summed E-state index contributed by atoms with van der Waals surface area (Å²) in [6.45, 7) is 0.564. The fourth-order valence-electron chi connectivity index (χ4n) is 3.65. The summed E-state index contributed by atoms with van der Waals surface area (Å²) in [5.74, 6) is -0.00299. The molecular formula is C16H19ClF2N4O. The molecule has 4 rings (SSSR count). The second-order valence-electron chi connectivity index (χ2n) is 6.50. The molecule has 0 radical (unpaired) electrons. The van der Waals surface area contributed by atoms with Crippen LogP contribution in [0.2, 0.25) is 5.02 Å². The quantitative estimate of drug-likeness (QED) is 0.910. The molecule has 130 valence electrons. The molecule has 1 N–H and O–H groups in total. The third-order valence-corrected chi connectivity index (χ3v) is 5.31. The van der Waals surface area contributed by atoms with Crippen LogP contribution in [0.4, 0.5) is 14.7 Å². The van der Waals surface area contributed by atoms with E-state index in [1.54, 1.807) is 0 Å². The second kappa shape index (κ2) is 6.44. The van der Waals surface area contributed by atoms with Crippen LogP contribution >= 0.6 is 11.6 Å². The molecule has 2 atom stereocenters. The minimum absolute atomic E-state index is 0.0667. The van der Waals surface area contributed by atoms with Crippen molar-refractivity contribution in [1.29, 1.82) is 0 Å². The summed E-state index contributed by atoms with van der Waals surface area (Å²) in [6.07, 6.45) is 5.00. The zero-order chi connectivity index (χ0) is 16.7. The van der Waals surface area contributed by atoms with Crippen molar-refractivity contribution in [2.24, 2.45) is 0 Å². The number of alkyl halides is 1. The Morgan fingerprint density at radius 2 is 2.08 bits per heavy atom. The van der Waals surface area contributed by atoms with Crippen molar-refractivity contribution in [3.8, 4) is 0 Å². The monoisotopic (exact) mass is 356 g/mol. The van der Waals surface area contributed by atoms with E-state index in [4.69, 9.17) is 16.3 Å². The summed E-state index contributed by atoms with van der Waals surface area (Å²) in [6, 6.07) is -0.401. The van der Waals surface area contributed by atoms with Crippen molar-refractivity contribution in [3.05, 3.63) is 22.7 Å². The van der Waals surface area contributed by atoms with Crippen LogP contribution in [0, 0.1) is 5.82 Å². The van der Waals surface area contributed by atoms with Gasteiger partial charge in [0.25, 0.3) is 0 Å². The first kappa shape index (κ1) is 16.0. The number of ether oxygens (including phenoxy) is 1. The van der Waals surface area contributed by atoms with Gasteiger partial charge in [-0.15, -0.1) is 5.10 Å². The van der Waals surface area contributed by atoms with Crippen LogP contribution in [0.3, 0.4) is 0 Å². The minimum Gasteiger partial charge on any atom is -0.378 e. The number of hydrogen-bond donors (Lipinski definition) is 1. The van der Waals surface area contributed by atoms with Crippen LogP contribution in [0.25, 0.3) is 5.52 Å². The highest BCUT2D eigenvalue weighted by Crippen LogP contribution is 2.40. The fourth-order valence-corrected chi connectivity index (χ4v) is 3.98. The third-order valence-electron chi connectivity index (χ3n) is 4.95. The predicted molar refractivity (Wildman–Crippen MR) is 86.9 cm³/mol. The smallest absolute Gasteiger partial charge is 0.241 e. The van der Waals surface area contributed by atoms with Gasteiger partial charge in [-0.25, -0.2) is 18.3 Å². The summed E-state index contributed by atoms with van der Waals surface area (Å²) >= 11 is 6.22. The van der Waals surface area contributed by atoms with E-state index in [1.807, 2.05) is 0 Å². The molecule has 2 aliphatic rings. The molecule has 0 amide bonds. The van der Waals surface area contributed by atoms with Gasteiger partial charge in [-0.05, 0) is 19.3 Å². The van der Waals surface area contributed by atoms with Gasteiger partial charge in [-0.3, -0.25) is 0 Å². The minimum atomic E-state index is -1.11. The first-order valence-electron chi connectivity index (χ1n) is 8.36. The summed E-state index contributed by atoms with van der Waals surface area (Å²) in [5, 5.41) is 7.53. The number of nitrogens with one attached hydrogen (secondary N) is 1. The predicted octanol–water partition coefficient (Wildman–Crippen LogP) is 3.72. The Labute approximate surface area is 143 Å². The second-order valence-corrected chi connectivity index (χ2v) is 6.88. The molecule has 1 saturated heterocycles. The van der Waals surface area contributed by atoms with Gasteiger partial charge < -0.3 is 10.1 Å². The molecule has 0 aromatic carbocycles. The summed E-state index contributed by atoms with van der Waals surface area (Å²) in [5.41, 5.74) is 0.965. The molecule has 1 aliphatic heterocycles. The maximum Gasteiger partial charge on any atom is 0.241 e. The maximum atomic E-state index is 14.4. The summed E-state index contributed by atoms with van der Waals surface area (Å²) in [7, 11) is 0. The normalized spacial score (nSPS) is 25.5. The van der Waals surface area contributed by atoms with Crippen LogP contribution in [-0.4, -0.2) is 40.0 Å². The van der Waals surface area contributed by atoms with Gasteiger partial charge in [0.2, 0.25) is 5.95 Å². The van der Waals surface area contributed by atoms with Gasteiger partial charge in [-0.1, -0.05) is 24.4 Å². The maximum absolute atomic E-state index is 14.4. The van der Waals surface area contributed by atoms with E-state index in [1.165, 1.54) is 10.7 Å². The van der Waals surface area contributed by atoms with Crippen LogP contribution < -0.4 is 5.32 Å². The van der Waals surface area contributed by atoms with Crippen LogP contribution in [0.5, 0.6) is 0 Å². The topological polar surface area (TPSA) is 51.5 Å². The van der Waals surface area contributed by atoms with Crippen LogP contribution in [0.1, 0.15) is 43.7 Å². The van der Waals surface area contributed by atoms with Gasteiger partial charge in [0.05, 0.1) is 24.5 Å². The number of rotatable bonds is 3. The lowest BCUT2D eigenvalue weighted by Gasteiger charge is -2.26. The van der Waals surface area contributed by atoms with Crippen molar-refractivity contribution in [2.45, 2.75) is 50.2 Å². The number of aromatic nitrogens is 3. The molecule has 0 bridgehead atoms. The Morgan fingerprint density at radius 1 is 1.29 bits per heavy atom. The van der Waals surface area contributed by atoms with Crippen LogP contribution in [0.15, 0.2) is 6.20 Å². The summed E-state index contributed by atoms with van der Waals surface area (Å²) in [4.78, 5) is 4.13. The average molecular weight is 357 g/mol. The highest BCUT2D eigenvalue weighted by molar-refractivity contribution is 6.32. The first-order chi connectivity index (χ1) is 11.6. The van der Waals surface area contributed by atoms with Crippen LogP contribution in [-0.2, 0) is 4.74 Å². The van der Waals surface area contributed by atoms with E-state index >= 15 is 0 Å². The molecule has 2 fully saturated rings. The lowest BCUT2D eigenvalue weighted by atomic mass is 10.0. The lowest BCUT2D eigenvalue weighted by Crippen LogP contribution is -2.39. The highest BCUT2D eigenvalue weighted by Gasteiger charge is 2.29. The van der Waals surface area contributed by atoms with E-state index in [9.17, 15) is 8.78 Å². The lowest BCUT2D eigenvalue weighted by molar-refractivity contribution is 0.0284. The van der Waals surface area contributed by atoms with Gasteiger partial charge in [0.1, 0.15) is 16.7 Å². The van der Waals surface area contributed by atoms with Gasteiger partial charge in [0, 0.05) is 12.5 Å². The Kier molecular flexibility index (Phi) is 4.30. The van der Waals surface area contributed by atoms with E-state index in [-0.39, 0.29) is 29.0 Å². The molecular weight excluding hydrogens is 338 g/mol. The van der Waals surface area contributed by atoms with Gasteiger partial charge in [0.15, 0.2) is 5.82 Å². The molecule has 5 nitrogen and oxygen atoms in total. The van der Waals surface area contributed by atoms with Crippen molar-refractivity contribution < 1.29 is 13.5 Å². The van der Waals surface area contributed by atoms with E-state index in [0.717, 1.165) is 25.7 Å². The highest BCUT2D eigenvalue weighted by atomic mass is 35.5. The van der Waals surface area contributed by atoms with E-state index < -0.39 is 18.0 Å². The SMILES string of the molecule is Fc1c(Cl)c(C2CCCC2)n2nc(N[C@@H]3CCOC[C@H]3F)ncc12. The number of hydrogen-bond acceptors (Lipinski definition) is 4. The van der Waals surface area contributed by atoms with Crippen molar-refractivity contribution in [2.75, 3.05) is 18.5 Å². The first-order valence-corrected chi connectivity index (χ1v) is 8.74. The molecule has 1 saturated carbocycles. The Morgan fingerprint density at radius 3 is 2.83 bits per heavy atom. The molecule has 1 aliphatic carbocycles.